The summed E-state index contributed by atoms with van der Waals surface area (Å²) < 4.78 is 25.4. The molecule has 31 heavy (non-hydrogen) atoms. The number of unbranched alkanes of at least 4 members (excludes halogenated alkanes) is 1. The quantitative estimate of drug-likeness (QED) is 0.550. The lowest BCUT2D eigenvalue weighted by atomic mass is 10.1. The third-order valence-corrected chi connectivity index (χ3v) is 5.97. The van der Waals surface area contributed by atoms with E-state index < -0.39 is 10.0 Å². The molecule has 0 aromatic heterocycles. The van der Waals surface area contributed by atoms with Gasteiger partial charge in [0.2, 0.25) is 15.9 Å². The normalized spacial score (nSPS) is 14.9. The summed E-state index contributed by atoms with van der Waals surface area (Å²) in [6.45, 7) is 5.88. The molecule has 168 valence electrons. The van der Waals surface area contributed by atoms with Gasteiger partial charge < -0.3 is 10.2 Å². The van der Waals surface area contributed by atoms with E-state index in [1.165, 1.54) is 5.69 Å². The van der Waals surface area contributed by atoms with Crippen molar-refractivity contribution >= 4 is 27.3 Å². The molecule has 2 aromatic carbocycles. The molecule has 0 spiro atoms. The van der Waals surface area contributed by atoms with Crippen LogP contribution in [0.3, 0.4) is 0 Å². The topological polar surface area (TPSA) is 81.7 Å². The Hall–Kier alpha value is -2.58. The molecular weight excluding hydrogens is 412 g/mol. The van der Waals surface area contributed by atoms with Gasteiger partial charge in [0.1, 0.15) is 0 Å². The smallest absolute Gasteiger partial charge is 0.229 e. The number of amides is 1. The second kappa shape index (κ2) is 11.2. The number of carbonyl (C=O) groups excluding carboxylic acids is 1. The number of carbonyl (C=O) groups is 1. The molecule has 0 aliphatic carbocycles. The number of hydrogen-bond donors (Lipinski definition) is 2. The van der Waals surface area contributed by atoms with Gasteiger partial charge in [-0.3, -0.25) is 14.4 Å². The van der Waals surface area contributed by atoms with E-state index in [0.717, 1.165) is 51.8 Å². The molecule has 1 amide bonds. The number of anilines is 2. The molecule has 2 aromatic rings. The van der Waals surface area contributed by atoms with Gasteiger partial charge in [-0.05, 0) is 43.1 Å². The summed E-state index contributed by atoms with van der Waals surface area (Å²) >= 11 is 0. The van der Waals surface area contributed by atoms with Crippen molar-refractivity contribution in [1.29, 1.82) is 0 Å². The van der Waals surface area contributed by atoms with Gasteiger partial charge in [-0.2, -0.15) is 0 Å². The molecule has 8 heteroatoms. The Morgan fingerprint density at radius 2 is 1.61 bits per heavy atom. The van der Waals surface area contributed by atoms with E-state index in [1.54, 1.807) is 24.3 Å². The van der Waals surface area contributed by atoms with Crippen LogP contribution in [-0.2, 0) is 21.2 Å². The Balaban J connectivity index is 1.32. The van der Waals surface area contributed by atoms with E-state index in [0.29, 0.717) is 17.8 Å². The first-order valence-electron chi connectivity index (χ1n) is 10.8. The monoisotopic (exact) mass is 444 g/mol. The van der Waals surface area contributed by atoms with E-state index in [4.69, 9.17) is 0 Å². The summed E-state index contributed by atoms with van der Waals surface area (Å²) in [5, 5.41) is 2.94. The number of hydrogen-bond acceptors (Lipinski definition) is 5. The lowest BCUT2D eigenvalue weighted by Gasteiger charge is -2.36. The Morgan fingerprint density at radius 3 is 2.32 bits per heavy atom. The molecule has 7 nitrogen and oxygen atoms in total. The highest BCUT2D eigenvalue weighted by molar-refractivity contribution is 7.92. The molecule has 0 bridgehead atoms. The maximum Gasteiger partial charge on any atom is 0.229 e. The van der Waals surface area contributed by atoms with Crippen LogP contribution in [0.5, 0.6) is 0 Å². The number of nitrogens with zero attached hydrogens (tertiary/aromatic N) is 2. The second-order valence-corrected chi connectivity index (χ2v) is 9.68. The highest BCUT2D eigenvalue weighted by atomic mass is 32.2. The van der Waals surface area contributed by atoms with E-state index in [9.17, 15) is 13.2 Å². The third-order valence-electron chi connectivity index (χ3n) is 5.38. The van der Waals surface area contributed by atoms with Crippen LogP contribution in [0.4, 0.5) is 11.4 Å². The minimum atomic E-state index is -3.38. The van der Waals surface area contributed by atoms with Gasteiger partial charge in [-0.1, -0.05) is 36.4 Å². The highest BCUT2D eigenvalue weighted by Crippen LogP contribution is 2.17. The molecule has 3 rings (SSSR count). The molecule has 0 unspecified atom stereocenters. The van der Waals surface area contributed by atoms with Crippen molar-refractivity contribution in [3.05, 3.63) is 60.2 Å². The van der Waals surface area contributed by atoms with Gasteiger partial charge >= 0.3 is 0 Å². The van der Waals surface area contributed by atoms with Crippen molar-refractivity contribution in [2.24, 2.45) is 0 Å². The van der Waals surface area contributed by atoms with Crippen molar-refractivity contribution < 1.29 is 13.2 Å². The number of rotatable bonds is 10. The largest absolute Gasteiger partial charge is 0.369 e. The molecular formula is C23H32N4O3S. The fourth-order valence-electron chi connectivity index (χ4n) is 3.77. The fraction of sp³-hybridized carbons (Fsp3) is 0.435. The Kier molecular flexibility index (Phi) is 8.31. The first-order chi connectivity index (χ1) is 14.9. The van der Waals surface area contributed by atoms with Crippen LogP contribution in [0.1, 0.15) is 18.4 Å². The molecule has 1 fully saturated rings. The highest BCUT2D eigenvalue weighted by Gasteiger charge is 2.16. The average Bonchev–Trinajstić information content (AvgIpc) is 2.75. The predicted molar refractivity (Wildman–Crippen MR) is 126 cm³/mol. The SMILES string of the molecule is CS(=O)(=O)Nc1ccccc1CC(=O)NCCCCN1CCN(c2ccccc2)CC1. The Labute approximate surface area is 185 Å². The van der Waals surface area contributed by atoms with Gasteiger partial charge in [-0.15, -0.1) is 0 Å². The summed E-state index contributed by atoms with van der Waals surface area (Å²) in [6, 6.07) is 17.5. The van der Waals surface area contributed by atoms with Gasteiger partial charge in [-0.25, -0.2) is 8.42 Å². The Morgan fingerprint density at radius 1 is 0.935 bits per heavy atom. The average molecular weight is 445 g/mol. The van der Waals surface area contributed by atoms with Gasteiger partial charge in [0.05, 0.1) is 18.4 Å². The first kappa shape index (κ1) is 23.1. The molecule has 1 aliphatic rings. The van der Waals surface area contributed by atoms with Crippen molar-refractivity contribution in [1.82, 2.24) is 10.2 Å². The summed E-state index contributed by atoms with van der Waals surface area (Å²) in [4.78, 5) is 17.2. The van der Waals surface area contributed by atoms with Crippen LogP contribution in [0, 0.1) is 0 Å². The van der Waals surface area contributed by atoms with Crippen molar-refractivity contribution in [2.75, 3.05) is 55.1 Å². The van der Waals surface area contributed by atoms with Crippen molar-refractivity contribution in [2.45, 2.75) is 19.3 Å². The van der Waals surface area contributed by atoms with Crippen LogP contribution in [-0.4, -0.2) is 64.7 Å². The minimum absolute atomic E-state index is 0.0979. The maximum atomic E-state index is 12.3. The molecule has 1 aliphatic heterocycles. The zero-order valence-corrected chi connectivity index (χ0v) is 18.9. The second-order valence-electron chi connectivity index (χ2n) is 7.93. The third kappa shape index (κ3) is 7.88. The molecule has 0 radical (unpaired) electrons. The van der Waals surface area contributed by atoms with E-state index in [-0.39, 0.29) is 12.3 Å². The number of piperazine rings is 1. The Bertz CT molecular complexity index is 942. The standard InChI is InChI=1S/C23H32N4O3S/c1-31(29,30)25-22-12-6-5-9-20(22)19-23(28)24-13-7-8-14-26-15-17-27(18-16-26)21-10-3-2-4-11-21/h2-6,9-12,25H,7-8,13-19H2,1H3,(H,24,28). The molecule has 0 atom stereocenters. The fourth-order valence-corrected chi connectivity index (χ4v) is 4.36. The zero-order chi connectivity index (χ0) is 22.1. The summed E-state index contributed by atoms with van der Waals surface area (Å²) in [5.41, 5.74) is 2.41. The lowest BCUT2D eigenvalue weighted by Crippen LogP contribution is -2.46. The molecule has 2 N–H and O–H groups in total. The van der Waals surface area contributed by atoms with Gasteiger partial charge in [0.15, 0.2) is 0 Å². The summed E-state index contributed by atoms with van der Waals surface area (Å²) in [5.74, 6) is -0.0979. The summed E-state index contributed by atoms with van der Waals surface area (Å²) in [7, 11) is -3.38. The number of benzene rings is 2. The number of nitrogens with one attached hydrogen (secondary N) is 2. The summed E-state index contributed by atoms with van der Waals surface area (Å²) in [6.07, 6.45) is 3.22. The number of sulfonamides is 1. The van der Waals surface area contributed by atoms with Gasteiger partial charge in [0.25, 0.3) is 0 Å². The van der Waals surface area contributed by atoms with E-state index >= 15 is 0 Å². The van der Waals surface area contributed by atoms with Crippen molar-refractivity contribution in [3.63, 3.8) is 0 Å². The molecule has 1 saturated heterocycles. The lowest BCUT2D eigenvalue weighted by molar-refractivity contribution is -0.120. The predicted octanol–water partition coefficient (Wildman–Crippen LogP) is 2.32. The van der Waals surface area contributed by atoms with Crippen molar-refractivity contribution in [3.8, 4) is 0 Å². The van der Waals surface area contributed by atoms with Gasteiger partial charge in [0, 0.05) is 38.4 Å². The maximum absolute atomic E-state index is 12.3. The van der Waals surface area contributed by atoms with Crippen LogP contribution in [0.25, 0.3) is 0 Å². The first-order valence-corrected chi connectivity index (χ1v) is 12.6. The van der Waals surface area contributed by atoms with Crippen LogP contribution < -0.4 is 14.9 Å². The van der Waals surface area contributed by atoms with Crippen LogP contribution >= 0.6 is 0 Å². The van der Waals surface area contributed by atoms with E-state index in [1.807, 2.05) is 6.07 Å². The van der Waals surface area contributed by atoms with Crippen LogP contribution in [0.2, 0.25) is 0 Å². The molecule has 0 saturated carbocycles. The molecule has 1 heterocycles. The van der Waals surface area contributed by atoms with Crippen LogP contribution in [0.15, 0.2) is 54.6 Å². The minimum Gasteiger partial charge on any atom is -0.369 e. The number of para-hydroxylation sites is 2. The van der Waals surface area contributed by atoms with E-state index in [2.05, 4.69) is 44.1 Å². The zero-order valence-electron chi connectivity index (χ0n) is 18.1.